The number of tetrazole rings is 1. The van der Waals surface area contributed by atoms with Crippen LogP contribution in [-0.4, -0.2) is 20.2 Å². The molecule has 2 heterocycles. The van der Waals surface area contributed by atoms with Gasteiger partial charge in [0, 0.05) is 17.0 Å². The van der Waals surface area contributed by atoms with Crippen LogP contribution in [0, 0.1) is 0 Å². The summed E-state index contributed by atoms with van der Waals surface area (Å²) < 4.78 is 1.67. The Kier molecular flexibility index (Phi) is 4.08. The van der Waals surface area contributed by atoms with E-state index < -0.39 is 0 Å². The van der Waals surface area contributed by atoms with Crippen molar-refractivity contribution in [1.29, 1.82) is 0 Å². The van der Waals surface area contributed by atoms with Crippen LogP contribution in [0.3, 0.4) is 0 Å². The molecule has 0 saturated carbocycles. The van der Waals surface area contributed by atoms with Crippen LogP contribution in [-0.2, 0) is 0 Å². The Labute approximate surface area is 127 Å². The van der Waals surface area contributed by atoms with E-state index in [4.69, 9.17) is 0 Å². The molecule has 0 amide bonds. The number of hydrogen-bond acceptors (Lipinski definition) is 5. The summed E-state index contributed by atoms with van der Waals surface area (Å²) in [5.41, 5.74) is 2.18. The fraction of sp³-hybridized carbons (Fsp3) is 0.267. The summed E-state index contributed by atoms with van der Waals surface area (Å²) in [7, 11) is 0. The second-order valence-corrected chi connectivity index (χ2v) is 5.95. The zero-order chi connectivity index (χ0) is 14.7. The van der Waals surface area contributed by atoms with Gasteiger partial charge in [-0.1, -0.05) is 18.2 Å². The Morgan fingerprint density at radius 3 is 2.76 bits per heavy atom. The van der Waals surface area contributed by atoms with Crippen LogP contribution in [0.2, 0.25) is 0 Å². The molecule has 0 radical (unpaired) electrons. The van der Waals surface area contributed by atoms with Gasteiger partial charge in [-0.3, -0.25) is 0 Å². The van der Waals surface area contributed by atoms with Crippen LogP contribution >= 0.6 is 11.3 Å². The Balaban J connectivity index is 1.76. The lowest BCUT2D eigenvalue weighted by Crippen LogP contribution is -2.21. The van der Waals surface area contributed by atoms with E-state index in [0.717, 1.165) is 5.69 Å². The number of aromatic nitrogens is 4. The van der Waals surface area contributed by atoms with Gasteiger partial charge < -0.3 is 5.32 Å². The summed E-state index contributed by atoms with van der Waals surface area (Å²) in [6.45, 7) is 4.36. The first-order valence-electron chi connectivity index (χ1n) is 6.87. The molecular formula is C15H17N5S. The molecule has 2 aromatic heterocycles. The van der Waals surface area contributed by atoms with Crippen LogP contribution < -0.4 is 5.32 Å². The smallest absolute Gasteiger partial charge is 0.143 e. The summed E-state index contributed by atoms with van der Waals surface area (Å²) in [5, 5.41) is 17.0. The molecule has 3 rings (SSSR count). The highest BCUT2D eigenvalue weighted by molar-refractivity contribution is 7.10. The van der Waals surface area contributed by atoms with Crippen molar-refractivity contribution in [3.05, 3.63) is 58.5 Å². The SMILES string of the molecule is CC(NC(C)c1cccs1)c1cccc(-n2cnnn2)c1. The largest absolute Gasteiger partial charge is 0.303 e. The molecule has 3 aromatic rings. The second kappa shape index (κ2) is 6.15. The van der Waals surface area contributed by atoms with Gasteiger partial charge in [-0.2, -0.15) is 0 Å². The third kappa shape index (κ3) is 3.17. The van der Waals surface area contributed by atoms with Gasteiger partial charge in [-0.15, -0.1) is 16.4 Å². The second-order valence-electron chi connectivity index (χ2n) is 4.97. The normalized spacial score (nSPS) is 14.0. The minimum absolute atomic E-state index is 0.249. The molecule has 0 fully saturated rings. The fourth-order valence-corrected chi connectivity index (χ4v) is 3.05. The highest BCUT2D eigenvalue weighted by Gasteiger charge is 2.12. The topological polar surface area (TPSA) is 55.6 Å². The Hall–Kier alpha value is -2.05. The van der Waals surface area contributed by atoms with E-state index in [1.807, 2.05) is 12.1 Å². The molecule has 0 bridgehead atoms. The van der Waals surface area contributed by atoms with Crippen molar-refractivity contribution in [3.63, 3.8) is 0 Å². The lowest BCUT2D eigenvalue weighted by Gasteiger charge is -2.20. The van der Waals surface area contributed by atoms with Gasteiger partial charge in [0.05, 0.1) is 5.69 Å². The van der Waals surface area contributed by atoms with Crippen LogP contribution in [0.1, 0.15) is 36.4 Å². The molecule has 0 spiro atoms. The third-order valence-corrected chi connectivity index (χ3v) is 4.51. The van der Waals surface area contributed by atoms with Crippen molar-refractivity contribution in [2.24, 2.45) is 0 Å². The maximum Gasteiger partial charge on any atom is 0.143 e. The minimum Gasteiger partial charge on any atom is -0.303 e. The van der Waals surface area contributed by atoms with Crippen molar-refractivity contribution >= 4 is 11.3 Å². The van der Waals surface area contributed by atoms with Crippen molar-refractivity contribution < 1.29 is 0 Å². The molecule has 2 atom stereocenters. The van der Waals surface area contributed by atoms with Crippen molar-refractivity contribution in [2.75, 3.05) is 0 Å². The monoisotopic (exact) mass is 299 g/mol. The van der Waals surface area contributed by atoms with Gasteiger partial charge >= 0.3 is 0 Å². The lowest BCUT2D eigenvalue weighted by atomic mass is 10.1. The average molecular weight is 299 g/mol. The van der Waals surface area contributed by atoms with E-state index in [2.05, 4.69) is 64.3 Å². The number of nitrogens with zero attached hydrogens (tertiary/aromatic N) is 4. The molecular weight excluding hydrogens is 282 g/mol. The molecule has 1 aromatic carbocycles. The van der Waals surface area contributed by atoms with Crippen LogP contribution in [0.25, 0.3) is 5.69 Å². The van der Waals surface area contributed by atoms with Crippen LogP contribution in [0.15, 0.2) is 48.1 Å². The molecule has 108 valence electrons. The van der Waals surface area contributed by atoms with Gasteiger partial charge in [-0.05, 0) is 53.4 Å². The van der Waals surface area contributed by atoms with Gasteiger partial charge in [0.25, 0.3) is 0 Å². The first-order valence-corrected chi connectivity index (χ1v) is 7.75. The number of hydrogen-bond donors (Lipinski definition) is 1. The summed E-state index contributed by atoms with van der Waals surface area (Å²) in [4.78, 5) is 1.35. The summed E-state index contributed by atoms with van der Waals surface area (Å²) in [5.74, 6) is 0. The van der Waals surface area contributed by atoms with Crippen molar-refractivity contribution in [3.8, 4) is 5.69 Å². The molecule has 21 heavy (non-hydrogen) atoms. The quantitative estimate of drug-likeness (QED) is 0.786. The average Bonchev–Trinajstić information content (AvgIpc) is 3.20. The number of benzene rings is 1. The molecule has 2 unspecified atom stereocenters. The molecule has 0 saturated heterocycles. The van der Waals surface area contributed by atoms with Crippen molar-refractivity contribution in [2.45, 2.75) is 25.9 Å². The standard InChI is InChI=1S/C15H17N5S/c1-11(17-12(2)15-7-4-8-21-15)13-5-3-6-14(9-13)20-10-16-18-19-20/h3-12,17H,1-2H3. The molecule has 5 nitrogen and oxygen atoms in total. The van der Waals surface area contributed by atoms with Crippen LogP contribution in [0.4, 0.5) is 0 Å². The van der Waals surface area contributed by atoms with Gasteiger partial charge in [0.15, 0.2) is 0 Å². The number of nitrogens with one attached hydrogen (secondary N) is 1. The number of rotatable bonds is 5. The van der Waals surface area contributed by atoms with E-state index in [1.54, 1.807) is 22.3 Å². The molecule has 0 aliphatic carbocycles. The zero-order valence-electron chi connectivity index (χ0n) is 12.0. The summed E-state index contributed by atoms with van der Waals surface area (Å²) >= 11 is 1.78. The number of thiophene rings is 1. The molecule has 0 aliphatic heterocycles. The Bertz CT molecular complexity index is 678. The van der Waals surface area contributed by atoms with Crippen molar-refractivity contribution in [1.82, 2.24) is 25.5 Å². The van der Waals surface area contributed by atoms with E-state index in [9.17, 15) is 0 Å². The van der Waals surface area contributed by atoms with Crippen LogP contribution in [0.5, 0.6) is 0 Å². The molecule has 1 N–H and O–H groups in total. The summed E-state index contributed by atoms with van der Waals surface area (Å²) in [6, 6.07) is 13.1. The van der Waals surface area contributed by atoms with Gasteiger partial charge in [0.1, 0.15) is 6.33 Å². The van der Waals surface area contributed by atoms with E-state index in [0.29, 0.717) is 6.04 Å². The van der Waals surface area contributed by atoms with Gasteiger partial charge in [-0.25, -0.2) is 4.68 Å². The third-order valence-electron chi connectivity index (χ3n) is 3.45. The van der Waals surface area contributed by atoms with E-state index in [1.165, 1.54) is 10.4 Å². The van der Waals surface area contributed by atoms with E-state index >= 15 is 0 Å². The Morgan fingerprint density at radius 1 is 1.14 bits per heavy atom. The maximum absolute atomic E-state index is 3.93. The predicted octanol–water partition coefficient (Wildman–Crippen LogP) is 3.14. The Morgan fingerprint density at radius 2 is 2.05 bits per heavy atom. The predicted molar refractivity (Wildman–Crippen MR) is 83.4 cm³/mol. The molecule has 6 heteroatoms. The maximum atomic E-state index is 3.93. The van der Waals surface area contributed by atoms with E-state index in [-0.39, 0.29) is 6.04 Å². The molecule has 0 aliphatic rings. The highest BCUT2D eigenvalue weighted by atomic mass is 32.1. The van der Waals surface area contributed by atoms with Gasteiger partial charge in [0.2, 0.25) is 0 Å². The minimum atomic E-state index is 0.249. The first-order chi connectivity index (χ1) is 10.2. The summed E-state index contributed by atoms with van der Waals surface area (Å²) in [6.07, 6.45) is 1.60. The highest BCUT2D eigenvalue weighted by Crippen LogP contribution is 2.23. The first kappa shape index (κ1) is 13.9. The fourth-order valence-electron chi connectivity index (χ4n) is 2.31. The lowest BCUT2D eigenvalue weighted by molar-refractivity contribution is 0.500. The zero-order valence-corrected chi connectivity index (χ0v) is 12.8.